The van der Waals surface area contributed by atoms with Crippen molar-refractivity contribution < 1.29 is 9.26 Å². The SMILES string of the molecule is CC(C)c1ccc(-c2noc(-c3ccccc3OCCN(C)C)n2)cc1. The third-order valence-electron chi connectivity index (χ3n) is 4.18. The van der Waals surface area contributed by atoms with Crippen LogP contribution in [0.15, 0.2) is 53.1 Å². The number of rotatable bonds is 7. The minimum absolute atomic E-state index is 0.466. The average Bonchev–Trinajstić information content (AvgIpc) is 3.12. The fourth-order valence-electron chi connectivity index (χ4n) is 2.57. The Morgan fingerprint density at radius 3 is 2.46 bits per heavy atom. The summed E-state index contributed by atoms with van der Waals surface area (Å²) in [6, 6.07) is 16.0. The number of hydrogen-bond donors (Lipinski definition) is 0. The maximum absolute atomic E-state index is 5.89. The number of likely N-dealkylation sites (N-methyl/N-ethyl adjacent to an activating group) is 1. The Bertz CT molecular complexity index is 838. The van der Waals surface area contributed by atoms with Crippen molar-refractivity contribution in [3.8, 4) is 28.6 Å². The average molecular weight is 351 g/mol. The summed E-state index contributed by atoms with van der Waals surface area (Å²) in [5.41, 5.74) is 3.04. The Balaban J connectivity index is 1.81. The Labute approximate surface area is 154 Å². The lowest BCUT2D eigenvalue weighted by molar-refractivity contribution is 0.261. The molecule has 0 bridgehead atoms. The highest BCUT2D eigenvalue weighted by Gasteiger charge is 2.15. The maximum Gasteiger partial charge on any atom is 0.262 e. The van der Waals surface area contributed by atoms with E-state index in [0.29, 0.717) is 24.2 Å². The molecule has 0 aliphatic heterocycles. The summed E-state index contributed by atoms with van der Waals surface area (Å²) in [5, 5.41) is 4.14. The van der Waals surface area contributed by atoms with E-state index in [1.54, 1.807) is 0 Å². The van der Waals surface area contributed by atoms with Gasteiger partial charge in [-0.25, -0.2) is 0 Å². The molecule has 0 N–H and O–H groups in total. The zero-order chi connectivity index (χ0) is 18.5. The molecule has 0 spiro atoms. The number of benzene rings is 2. The normalized spacial score (nSPS) is 11.3. The van der Waals surface area contributed by atoms with Crippen molar-refractivity contribution in [3.05, 3.63) is 54.1 Å². The number of hydrogen-bond acceptors (Lipinski definition) is 5. The minimum Gasteiger partial charge on any atom is -0.491 e. The van der Waals surface area contributed by atoms with E-state index in [1.165, 1.54) is 5.56 Å². The first-order valence-electron chi connectivity index (χ1n) is 8.85. The summed E-state index contributed by atoms with van der Waals surface area (Å²) in [6.07, 6.45) is 0. The highest BCUT2D eigenvalue weighted by molar-refractivity contribution is 5.65. The lowest BCUT2D eigenvalue weighted by atomic mass is 10.0. The standard InChI is InChI=1S/C21H25N3O2/c1-15(2)16-9-11-17(12-10-16)20-22-21(26-23-20)18-7-5-6-8-19(18)25-14-13-24(3)4/h5-12,15H,13-14H2,1-4H3. The van der Waals surface area contributed by atoms with Crippen LogP contribution in [0.25, 0.3) is 22.8 Å². The second kappa shape index (κ2) is 8.15. The smallest absolute Gasteiger partial charge is 0.262 e. The van der Waals surface area contributed by atoms with Crippen LogP contribution in [0.5, 0.6) is 5.75 Å². The van der Waals surface area contributed by atoms with Crippen LogP contribution in [0.4, 0.5) is 0 Å². The van der Waals surface area contributed by atoms with Gasteiger partial charge in [-0.05, 0) is 37.7 Å². The highest BCUT2D eigenvalue weighted by atomic mass is 16.5. The summed E-state index contributed by atoms with van der Waals surface area (Å²) < 4.78 is 11.4. The second-order valence-electron chi connectivity index (χ2n) is 6.85. The van der Waals surface area contributed by atoms with Gasteiger partial charge in [-0.15, -0.1) is 0 Å². The van der Waals surface area contributed by atoms with Crippen LogP contribution >= 0.6 is 0 Å². The molecule has 0 amide bonds. The van der Waals surface area contributed by atoms with E-state index in [9.17, 15) is 0 Å². The van der Waals surface area contributed by atoms with Crippen molar-refractivity contribution in [1.29, 1.82) is 0 Å². The van der Waals surface area contributed by atoms with Gasteiger partial charge in [0.05, 0.1) is 5.56 Å². The molecule has 2 aromatic carbocycles. The van der Waals surface area contributed by atoms with Gasteiger partial charge in [-0.1, -0.05) is 55.4 Å². The first kappa shape index (κ1) is 18.1. The summed E-state index contributed by atoms with van der Waals surface area (Å²) >= 11 is 0. The quantitative estimate of drug-likeness (QED) is 0.629. The third-order valence-corrected chi connectivity index (χ3v) is 4.18. The van der Waals surface area contributed by atoms with Gasteiger partial charge in [0.15, 0.2) is 0 Å². The van der Waals surface area contributed by atoms with E-state index in [-0.39, 0.29) is 0 Å². The van der Waals surface area contributed by atoms with E-state index < -0.39 is 0 Å². The largest absolute Gasteiger partial charge is 0.491 e. The zero-order valence-electron chi connectivity index (χ0n) is 15.8. The van der Waals surface area contributed by atoms with Crippen molar-refractivity contribution in [2.75, 3.05) is 27.2 Å². The number of para-hydroxylation sites is 1. The van der Waals surface area contributed by atoms with Crippen LogP contribution in [-0.2, 0) is 0 Å². The molecule has 26 heavy (non-hydrogen) atoms. The molecule has 0 unspecified atom stereocenters. The van der Waals surface area contributed by atoms with Gasteiger partial charge in [0.25, 0.3) is 5.89 Å². The van der Waals surface area contributed by atoms with Gasteiger partial charge in [-0.3, -0.25) is 0 Å². The minimum atomic E-state index is 0.466. The molecular weight excluding hydrogens is 326 g/mol. The van der Waals surface area contributed by atoms with Crippen molar-refractivity contribution in [3.63, 3.8) is 0 Å². The second-order valence-corrected chi connectivity index (χ2v) is 6.85. The van der Waals surface area contributed by atoms with E-state index in [2.05, 4.69) is 41.0 Å². The molecule has 0 radical (unpaired) electrons. The van der Waals surface area contributed by atoms with Gasteiger partial charge in [0, 0.05) is 12.1 Å². The van der Waals surface area contributed by atoms with Crippen molar-refractivity contribution in [1.82, 2.24) is 15.0 Å². The molecule has 0 atom stereocenters. The van der Waals surface area contributed by atoms with Crippen molar-refractivity contribution in [2.24, 2.45) is 0 Å². The first-order chi connectivity index (χ1) is 12.5. The van der Waals surface area contributed by atoms with Crippen LogP contribution in [0, 0.1) is 0 Å². The fraction of sp³-hybridized carbons (Fsp3) is 0.333. The predicted molar refractivity (Wildman–Crippen MR) is 103 cm³/mol. The molecule has 0 aliphatic rings. The van der Waals surface area contributed by atoms with Crippen LogP contribution < -0.4 is 4.74 Å². The van der Waals surface area contributed by atoms with E-state index in [1.807, 2.05) is 50.5 Å². The molecule has 1 heterocycles. The van der Waals surface area contributed by atoms with Crippen LogP contribution in [-0.4, -0.2) is 42.3 Å². The monoisotopic (exact) mass is 351 g/mol. The molecule has 0 saturated heterocycles. The van der Waals surface area contributed by atoms with Gasteiger partial charge in [0.1, 0.15) is 12.4 Å². The van der Waals surface area contributed by atoms with E-state index >= 15 is 0 Å². The number of nitrogens with zero attached hydrogens (tertiary/aromatic N) is 3. The predicted octanol–water partition coefficient (Wildman–Crippen LogP) is 4.47. The van der Waals surface area contributed by atoms with E-state index in [0.717, 1.165) is 23.4 Å². The molecule has 136 valence electrons. The maximum atomic E-state index is 5.89. The first-order valence-corrected chi connectivity index (χ1v) is 8.85. The lowest BCUT2D eigenvalue weighted by Gasteiger charge is -2.12. The fourth-order valence-corrected chi connectivity index (χ4v) is 2.57. The molecule has 5 nitrogen and oxygen atoms in total. The van der Waals surface area contributed by atoms with Gasteiger partial charge in [0.2, 0.25) is 5.82 Å². The Hall–Kier alpha value is -2.66. The summed E-state index contributed by atoms with van der Waals surface area (Å²) in [6.45, 7) is 5.79. The Kier molecular flexibility index (Phi) is 5.68. The van der Waals surface area contributed by atoms with Crippen molar-refractivity contribution in [2.45, 2.75) is 19.8 Å². The van der Waals surface area contributed by atoms with Gasteiger partial charge in [-0.2, -0.15) is 4.98 Å². The molecule has 3 aromatic rings. The van der Waals surface area contributed by atoms with Crippen LogP contribution in [0.1, 0.15) is 25.3 Å². The Morgan fingerprint density at radius 2 is 1.77 bits per heavy atom. The zero-order valence-corrected chi connectivity index (χ0v) is 15.8. The van der Waals surface area contributed by atoms with Gasteiger partial charge >= 0.3 is 0 Å². The topological polar surface area (TPSA) is 51.4 Å². The molecule has 1 aromatic heterocycles. The molecule has 0 fully saturated rings. The highest BCUT2D eigenvalue weighted by Crippen LogP contribution is 2.30. The molecule has 3 rings (SSSR count). The molecule has 0 aliphatic carbocycles. The van der Waals surface area contributed by atoms with Crippen molar-refractivity contribution >= 4 is 0 Å². The molecular formula is C21H25N3O2. The summed E-state index contributed by atoms with van der Waals surface area (Å²) in [7, 11) is 4.04. The number of ether oxygens (including phenoxy) is 1. The molecule has 5 heteroatoms. The lowest BCUT2D eigenvalue weighted by Crippen LogP contribution is -2.19. The third kappa shape index (κ3) is 4.29. The van der Waals surface area contributed by atoms with Gasteiger partial charge < -0.3 is 14.2 Å². The van der Waals surface area contributed by atoms with Crippen LogP contribution in [0.2, 0.25) is 0 Å². The summed E-state index contributed by atoms with van der Waals surface area (Å²) in [5.74, 6) is 2.29. The summed E-state index contributed by atoms with van der Waals surface area (Å²) in [4.78, 5) is 6.64. The van der Waals surface area contributed by atoms with Crippen LogP contribution in [0.3, 0.4) is 0 Å². The van der Waals surface area contributed by atoms with E-state index in [4.69, 9.17) is 9.26 Å². The molecule has 0 saturated carbocycles. The Morgan fingerprint density at radius 1 is 1.04 bits per heavy atom. The number of aromatic nitrogens is 2.